The van der Waals surface area contributed by atoms with E-state index < -0.39 is 23.6 Å². The van der Waals surface area contributed by atoms with Crippen molar-refractivity contribution >= 4 is 18.4 Å². The summed E-state index contributed by atoms with van der Waals surface area (Å²) in [7, 11) is -6.71. The molecule has 2 unspecified atom stereocenters. The highest BCUT2D eigenvalue weighted by atomic mass is 32.2. The minimum absolute atomic E-state index is 0.108. The molecule has 14 heavy (non-hydrogen) atoms. The molecule has 0 radical (unpaired) electrons. The quantitative estimate of drug-likeness (QED) is 0.564. The lowest BCUT2D eigenvalue weighted by Crippen LogP contribution is -2.22. The Morgan fingerprint density at radius 1 is 1.57 bits per heavy atom. The van der Waals surface area contributed by atoms with Crippen LogP contribution in [0.15, 0.2) is 11.8 Å². The van der Waals surface area contributed by atoms with Gasteiger partial charge in [0.2, 0.25) is 0 Å². The van der Waals surface area contributed by atoms with E-state index in [-0.39, 0.29) is 19.3 Å². The predicted octanol–water partition coefficient (Wildman–Crippen LogP) is 0.977. The van der Waals surface area contributed by atoms with Gasteiger partial charge in [-0.15, -0.1) is 4.89 Å². The highest BCUT2D eigenvalue weighted by Crippen LogP contribution is 2.29. The smallest absolute Gasteiger partial charge is 0.285 e. The Balaban J connectivity index is 2.60. The molecule has 0 amide bonds. The molecule has 0 bridgehead atoms. The van der Waals surface area contributed by atoms with Gasteiger partial charge < -0.3 is 0 Å². The first-order valence-corrected chi connectivity index (χ1v) is 6.52. The van der Waals surface area contributed by atoms with Crippen LogP contribution in [0, 0.1) is 0 Å². The van der Waals surface area contributed by atoms with Crippen molar-refractivity contribution in [2.75, 3.05) is 0 Å². The highest BCUT2D eigenvalue weighted by Gasteiger charge is 2.28. The maximum Gasteiger partial charge on any atom is 0.747 e. The number of hydrogen-bond donors (Lipinski definition) is 2. The summed E-state index contributed by atoms with van der Waals surface area (Å²) in [6.45, 7) is 0. The molecular formula is C6H10O6PS+. The van der Waals surface area contributed by atoms with E-state index in [1.54, 1.807) is 0 Å². The fourth-order valence-corrected chi connectivity index (χ4v) is 2.36. The molecule has 6 nitrogen and oxygen atoms in total. The average molecular weight is 241 g/mol. The van der Waals surface area contributed by atoms with Gasteiger partial charge in [-0.05, 0) is 18.9 Å². The van der Waals surface area contributed by atoms with Crippen molar-refractivity contribution in [3.63, 3.8) is 0 Å². The van der Waals surface area contributed by atoms with Crippen LogP contribution in [0.2, 0.25) is 0 Å². The minimum atomic E-state index is -4.01. The molecule has 2 N–H and O–H groups in total. The molecule has 0 aromatic carbocycles. The van der Waals surface area contributed by atoms with Crippen molar-refractivity contribution < 1.29 is 27.0 Å². The van der Waals surface area contributed by atoms with E-state index in [1.165, 1.54) is 6.08 Å². The summed E-state index contributed by atoms with van der Waals surface area (Å²) < 4.78 is 44.9. The molecular weight excluding hydrogens is 231 g/mol. The summed E-state index contributed by atoms with van der Waals surface area (Å²) in [6.07, 6.45) is 1.96. The molecule has 0 aromatic rings. The molecule has 0 saturated carbocycles. The normalized spacial score (nSPS) is 24.0. The molecule has 2 atom stereocenters. The van der Waals surface area contributed by atoms with E-state index in [0.29, 0.717) is 5.76 Å². The molecule has 0 heterocycles. The monoisotopic (exact) mass is 241 g/mol. The second kappa shape index (κ2) is 4.35. The summed E-state index contributed by atoms with van der Waals surface area (Å²) in [6, 6.07) is 0. The third-order valence-corrected chi connectivity index (χ3v) is 3.60. The third kappa shape index (κ3) is 3.34. The third-order valence-electron chi connectivity index (χ3n) is 1.94. The molecule has 8 heteroatoms. The van der Waals surface area contributed by atoms with Gasteiger partial charge in [0, 0.05) is 11.0 Å². The Labute approximate surface area is 82.3 Å². The Morgan fingerprint density at radius 3 is 2.57 bits per heavy atom. The lowest BCUT2D eigenvalue weighted by atomic mass is 10.1. The summed E-state index contributed by atoms with van der Waals surface area (Å²) >= 11 is 0. The highest BCUT2D eigenvalue weighted by molar-refractivity contribution is 7.86. The lowest BCUT2D eigenvalue weighted by Gasteiger charge is -2.15. The molecule has 1 rings (SSSR count). The fourth-order valence-electron chi connectivity index (χ4n) is 1.24. The van der Waals surface area contributed by atoms with E-state index in [0.717, 1.165) is 0 Å². The van der Waals surface area contributed by atoms with Gasteiger partial charge in [0.25, 0.3) is 10.1 Å². The molecule has 0 fully saturated rings. The average Bonchev–Trinajstić information content (AvgIpc) is 2.02. The molecule has 1 aliphatic carbocycles. The second-order valence-corrected chi connectivity index (χ2v) is 5.27. The van der Waals surface area contributed by atoms with E-state index in [9.17, 15) is 13.0 Å². The first-order valence-electron chi connectivity index (χ1n) is 3.89. The molecule has 0 saturated heterocycles. The van der Waals surface area contributed by atoms with Crippen LogP contribution < -0.4 is 0 Å². The van der Waals surface area contributed by atoms with Crippen molar-refractivity contribution in [2.24, 2.45) is 0 Å². The minimum Gasteiger partial charge on any atom is -0.285 e. The Morgan fingerprint density at radius 2 is 2.21 bits per heavy atom. The summed E-state index contributed by atoms with van der Waals surface area (Å²) in [4.78, 5) is 8.41. The van der Waals surface area contributed by atoms with Gasteiger partial charge in [0.15, 0.2) is 5.76 Å². The molecule has 1 aliphatic rings. The Bertz CT molecular complexity index is 359. The zero-order chi connectivity index (χ0) is 10.8. The van der Waals surface area contributed by atoms with Crippen molar-refractivity contribution in [1.82, 2.24) is 0 Å². The zero-order valence-corrected chi connectivity index (χ0v) is 8.87. The molecule has 80 valence electrons. The SMILES string of the molecule is O=[P+](O)OC1=CCC(S(=O)(=O)O)CC1. The number of hydrogen-bond acceptors (Lipinski definition) is 4. The summed E-state index contributed by atoms with van der Waals surface area (Å²) in [5.41, 5.74) is 0. The van der Waals surface area contributed by atoms with Gasteiger partial charge in [-0.25, -0.2) is 4.52 Å². The van der Waals surface area contributed by atoms with Gasteiger partial charge in [0.1, 0.15) is 0 Å². The lowest BCUT2D eigenvalue weighted by molar-refractivity contribution is 0.330. The van der Waals surface area contributed by atoms with Crippen LogP contribution in [0.4, 0.5) is 0 Å². The van der Waals surface area contributed by atoms with E-state index in [1.807, 2.05) is 0 Å². The summed E-state index contributed by atoms with van der Waals surface area (Å²) in [5, 5.41) is -0.827. The maximum absolute atomic E-state index is 10.7. The number of rotatable bonds is 3. The second-order valence-electron chi connectivity index (χ2n) is 2.91. The summed E-state index contributed by atoms with van der Waals surface area (Å²) in [5.74, 6) is 0.300. The van der Waals surface area contributed by atoms with Crippen LogP contribution in [0.3, 0.4) is 0 Å². The van der Waals surface area contributed by atoms with Gasteiger partial charge in [0.05, 0.1) is 5.25 Å². The molecule has 0 aromatic heterocycles. The van der Waals surface area contributed by atoms with Crippen LogP contribution in [-0.2, 0) is 19.2 Å². The maximum atomic E-state index is 10.7. The Kier molecular flexibility index (Phi) is 3.60. The van der Waals surface area contributed by atoms with Crippen molar-refractivity contribution in [2.45, 2.75) is 24.5 Å². The predicted molar refractivity (Wildman–Crippen MR) is 48.2 cm³/mol. The van der Waals surface area contributed by atoms with Crippen molar-refractivity contribution in [3.8, 4) is 0 Å². The van der Waals surface area contributed by atoms with Crippen molar-refractivity contribution in [1.29, 1.82) is 0 Å². The first-order chi connectivity index (χ1) is 6.39. The number of allylic oxidation sites excluding steroid dienone is 2. The topological polar surface area (TPSA) is 101 Å². The van der Waals surface area contributed by atoms with Crippen LogP contribution in [-0.4, -0.2) is 23.1 Å². The Hall–Kier alpha value is -0.490. The standard InChI is InChI=1S/C6H9O6PS/c7-13(8)12-5-1-3-6(4-2-5)14(9,10)11/h1,6H,2-4H2,(H-,7,8,9,10,11)/p+1. The van der Waals surface area contributed by atoms with Crippen LogP contribution in [0.5, 0.6) is 0 Å². The van der Waals surface area contributed by atoms with E-state index in [2.05, 4.69) is 4.52 Å². The van der Waals surface area contributed by atoms with Gasteiger partial charge in [-0.1, -0.05) is 0 Å². The largest absolute Gasteiger partial charge is 0.747 e. The van der Waals surface area contributed by atoms with E-state index >= 15 is 0 Å². The van der Waals surface area contributed by atoms with Gasteiger partial charge in [-0.2, -0.15) is 8.42 Å². The first kappa shape index (κ1) is 11.6. The fraction of sp³-hybridized carbons (Fsp3) is 0.667. The van der Waals surface area contributed by atoms with Crippen LogP contribution in [0.25, 0.3) is 0 Å². The zero-order valence-electron chi connectivity index (χ0n) is 7.16. The van der Waals surface area contributed by atoms with Gasteiger partial charge >= 0.3 is 8.25 Å². The van der Waals surface area contributed by atoms with Crippen LogP contribution >= 0.6 is 8.25 Å². The van der Waals surface area contributed by atoms with Crippen LogP contribution in [0.1, 0.15) is 19.3 Å². The van der Waals surface area contributed by atoms with E-state index in [4.69, 9.17) is 9.45 Å². The molecule has 0 aliphatic heterocycles. The van der Waals surface area contributed by atoms with Crippen molar-refractivity contribution in [3.05, 3.63) is 11.8 Å². The van der Waals surface area contributed by atoms with Gasteiger partial charge in [-0.3, -0.25) is 4.55 Å². The molecule has 0 spiro atoms.